The Hall–Kier alpha value is -1.51. The highest BCUT2D eigenvalue weighted by Crippen LogP contribution is 2.05. The topological polar surface area (TPSA) is 57.2 Å². The van der Waals surface area contributed by atoms with Crippen LogP contribution in [0.1, 0.15) is 12.5 Å². The summed E-state index contributed by atoms with van der Waals surface area (Å²) in [6, 6.07) is 10.2. The van der Waals surface area contributed by atoms with E-state index in [9.17, 15) is 4.79 Å². The second-order valence-electron chi connectivity index (χ2n) is 5.06. The number of amides is 1. The van der Waals surface area contributed by atoms with Crippen molar-refractivity contribution in [3.8, 4) is 0 Å². The average Bonchev–Trinajstić information content (AvgIpc) is 2.57. The standard InChI is InChI=1S/C16H24N4O2.HI/c1-3-22-16(21)20-11-9-19(10-12-20)15(17-2)18-13-14-7-5-4-6-8-14;/h4-8H,3,9-13H2,1-2H3,(H,17,18);1H. The SMILES string of the molecule is CCOC(=O)N1CCN(C(=NC)NCc2ccccc2)CC1.I. The molecule has 0 bridgehead atoms. The van der Waals surface area contributed by atoms with Gasteiger partial charge in [0, 0.05) is 39.8 Å². The summed E-state index contributed by atoms with van der Waals surface area (Å²) in [6.45, 7) is 5.81. The van der Waals surface area contributed by atoms with E-state index in [1.807, 2.05) is 25.1 Å². The molecule has 0 unspecified atom stereocenters. The third kappa shape index (κ3) is 5.89. The average molecular weight is 432 g/mol. The molecule has 128 valence electrons. The minimum absolute atomic E-state index is 0. The van der Waals surface area contributed by atoms with Crippen LogP contribution in [-0.2, 0) is 11.3 Å². The molecule has 0 radical (unpaired) electrons. The zero-order valence-electron chi connectivity index (χ0n) is 13.7. The molecule has 1 aliphatic heterocycles. The fourth-order valence-corrected chi connectivity index (χ4v) is 2.42. The van der Waals surface area contributed by atoms with E-state index in [1.54, 1.807) is 11.9 Å². The first kappa shape index (κ1) is 19.5. The summed E-state index contributed by atoms with van der Waals surface area (Å²) >= 11 is 0. The van der Waals surface area contributed by atoms with Crippen molar-refractivity contribution in [2.75, 3.05) is 39.8 Å². The maximum atomic E-state index is 11.7. The van der Waals surface area contributed by atoms with E-state index in [1.165, 1.54) is 5.56 Å². The van der Waals surface area contributed by atoms with Crippen molar-refractivity contribution < 1.29 is 9.53 Å². The Bertz CT molecular complexity index is 502. The van der Waals surface area contributed by atoms with Gasteiger partial charge in [-0.15, -0.1) is 24.0 Å². The van der Waals surface area contributed by atoms with Crippen LogP contribution in [0.25, 0.3) is 0 Å². The minimum atomic E-state index is -0.227. The smallest absolute Gasteiger partial charge is 0.409 e. The molecular weight excluding hydrogens is 407 g/mol. The second-order valence-corrected chi connectivity index (χ2v) is 5.06. The molecule has 23 heavy (non-hydrogen) atoms. The predicted molar refractivity (Wildman–Crippen MR) is 102 cm³/mol. The second kappa shape index (κ2) is 10.3. The first-order chi connectivity index (χ1) is 10.7. The quantitative estimate of drug-likeness (QED) is 0.452. The Balaban J connectivity index is 0.00000264. The van der Waals surface area contributed by atoms with Crippen LogP contribution < -0.4 is 5.32 Å². The van der Waals surface area contributed by atoms with E-state index in [0.717, 1.165) is 25.6 Å². The van der Waals surface area contributed by atoms with Crippen molar-refractivity contribution in [2.45, 2.75) is 13.5 Å². The number of carbonyl (C=O) groups is 1. The highest BCUT2D eigenvalue weighted by molar-refractivity contribution is 14.0. The zero-order valence-corrected chi connectivity index (χ0v) is 16.0. The van der Waals surface area contributed by atoms with Crippen LogP contribution in [0.2, 0.25) is 0 Å². The van der Waals surface area contributed by atoms with Gasteiger partial charge in [0.15, 0.2) is 5.96 Å². The fourth-order valence-electron chi connectivity index (χ4n) is 2.42. The Labute approximate surface area is 154 Å². The first-order valence-electron chi connectivity index (χ1n) is 7.65. The lowest BCUT2D eigenvalue weighted by molar-refractivity contribution is 0.0914. The molecule has 1 aromatic rings. The summed E-state index contributed by atoms with van der Waals surface area (Å²) in [6.07, 6.45) is -0.227. The maximum Gasteiger partial charge on any atom is 0.409 e. The molecule has 7 heteroatoms. The molecule has 2 rings (SSSR count). The van der Waals surface area contributed by atoms with Crippen LogP contribution in [0.3, 0.4) is 0 Å². The van der Waals surface area contributed by atoms with Gasteiger partial charge in [0.2, 0.25) is 0 Å². The molecule has 1 fully saturated rings. The number of rotatable bonds is 3. The number of aliphatic imine (C=N–C) groups is 1. The number of halogens is 1. The van der Waals surface area contributed by atoms with Crippen molar-refractivity contribution >= 4 is 36.0 Å². The zero-order chi connectivity index (χ0) is 15.8. The molecule has 0 aliphatic carbocycles. The molecule has 1 amide bonds. The Morgan fingerprint density at radius 1 is 1.17 bits per heavy atom. The summed E-state index contributed by atoms with van der Waals surface area (Å²) in [5, 5.41) is 3.37. The number of piperazine rings is 1. The monoisotopic (exact) mass is 432 g/mol. The molecular formula is C16H25IN4O2. The van der Waals surface area contributed by atoms with E-state index in [-0.39, 0.29) is 30.1 Å². The summed E-state index contributed by atoms with van der Waals surface area (Å²) in [5.74, 6) is 0.868. The molecule has 0 aromatic heterocycles. The van der Waals surface area contributed by atoms with Gasteiger partial charge in [0.1, 0.15) is 0 Å². The van der Waals surface area contributed by atoms with Crippen LogP contribution in [0, 0.1) is 0 Å². The molecule has 1 aromatic carbocycles. The molecule has 0 saturated carbocycles. The molecule has 1 heterocycles. The number of nitrogens with one attached hydrogen (secondary N) is 1. The minimum Gasteiger partial charge on any atom is -0.450 e. The Morgan fingerprint density at radius 3 is 2.35 bits per heavy atom. The van der Waals surface area contributed by atoms with Gasteiger partial charge >= 0.3 is 6.09 Å². The Kier molecular flexibility index (Phi) is 8.75. The van der Waals surface area contributed by atoms with Crippen LogP contribution in [-0.4, -0.2) is 61.7 Å². The normalized spacial score (nSPS) is 15.0. The van der Waals surface area contributed by atoms with Gasteiger partial charge in [-0.2, -0.15) is 0 Å². The lowest BCUT2D eigenvalue weighted by Gasteiger charge is -2.35. The number of ether oxygens (including phenoxy) is 1. The fraction of sp³-hybridized carbons (Fsp3) is 0.500. The van der Waals surface area contributed by atoms with Gasteiger partial charge in [0.25, 0.3) is 0 Å². The lowest BCUT2D eigenvalue weighted by Crippen LogP contribution is -2.53. The van der Waals surface area contributed by atoms with Gasteiger partial charge in [-0.3, -0.25) is 4.99 Å². The van der Waals surface area contributed by atoms with E-state index in [0.29, 0.717) is 19.7 Å². The summed E-state index contributed by atoms with van der Waals surface area (Å²) in [4.78, 5) is 19.9. The van der Waals surface area contributed by atoms with Crippen LogP contribution in [0.15, 0.2) is 35.3 Å². The van der Waals surface area contributed by atoms with Crippen LogP contribution in [0.4, 0.5) is 4.79 Å². The van der Waals surface area contributed by atoms with Gasteiger partial charge < -0.3 is 19.9 Å². The third-order valence-corrected chi connectivity index (χ3v) is 3.61. The molecule has 1 saturated heterocycles. The number of nitrogens with zero attached hydrogens (tertiary/aromatic N) is 3. The number of benzene rings is 1. The van der Waals surface area contributed by atoms with Crippen molar-refractivity contribution in [2.24, 2.45) is 4.99 Å². The summed E-state index contributed by atoms with van der Waals surface area (Å²) < 4.78 is 5.03. The van der Waals surface area contributed by atoms with Gasteiger partial charge in [-0.05, 0) is 12.5 Å². The van der Waals surface area contributed by atoms with E-state index < -0.39 is 0 Å². The maximum absolute atomic E-state index is 11.7. The van der Waals surface area contributed by atoms with Crippen molar-refractivity contribution in [3.63, 3.8) is 0 Å². The van der Waals surface area contributed by atoms with E-state index >= 15 is 0 Å². The number of carbonyl (C=O) groups excluding carboxylic acids is 1. The highest BCUT2D eigenvalue weighted by Gasteiger charge is 2.23. The molecule has 1 aliphatic rings. The predicted octanol–water partition coefficient (Wildman–Crippen LogP) is 2.15. The molecule has 0 atom stereocenters. The number of hydrogen-bond acceptors (Lipinski definition) is 3. The van der Waals surface area contributed by atoms with Crippen LogP contribution in [0.5, 0.6) is 0 Å². The summed E-state index contributed by atoms with van der Waals surface area (Å²) in [5.41, 5.74) is 1.22. The van der Waals surface area contributed by atoms with Gasteiger partial charge in [-0.1, -0.05) is 30.3 Å². The first-order valence-corrected chi connectivity index (χ1v) is 7.65. The van der Waals surface area contributed by atoms with Crippen molar-refractivity contribution in [1.82, 2.24) is 15.1 Å². The van der Waals surface area contributed by atoms with Gasteiger partial charge in [-0.25, -0.2) is 4.79 Å². The number of guanidine groups is 1. The lowest BCUT2D eigenvalue weighted by atomic mass is 10.2. The van der Waals surface area contributed by atoms with E-state index in [4.69, 9.17) is 4.74 Å². The van der Waals surface area contributed by atoms with Gasteiger partial charge in [0.05, 0.1) is 6.61 Å². The number of hydrogen-bond donors (Lipinski definition) is 1. The highest BCUT2D eigenvalue weighted by atomic mass is 127. The molecule has 1 N–H and O–H groups in total. The van der Waals surface area contributed by atoms with Crippen LogP contribution >= 0.6 is 24.0 Å². The molecule has 0 spiro atoms. The Morgan fingerprint density at radius 2 is 1.78 bits per heavy atom. The van der Waals surface area contributed by atoms with E-state index in [2.05, 4.69) is 27.3 Å². The van der Waals surface area contributed by atoms with Crippen molar-refractivity contribution in [1.29, 1.82) is 0 Å². The molecule has 6 nitrogen and oxygen atoms in total. The largest absolute Gasteiger partial charge is 0.450 e. The third-order valence-electron chi connectivity index (χ3n) is 3.61. The summed E-state index contributed by atoms with van der Waals surface area (Å²) in [7, 11) is 1.78. The van der Waals surface area contributed by atoms with Crippen molar-refractivity contribution in [3.05, 3.63) is 35.9 Å².